The lowest BCUT2D eigenvalue weighted by Gasteiger charge is -2.00. The second kappa shape index (κ2) is 8.05. The Kier molecular flexibility index (Phi) is 8.01. The van der Waals surface area contributed by atoms with E-state index in [0.29, 0.717) is 6.61 Å². The summed E-state index contributed by atoms with van der Waals surface area (Å²) in [5.41, 5.74) is 0. The van der Waals surface area contributed by atoms with Crippen LogP contribution < -0.4 is 0 Å². The van der Waals surface area contributed by atoms with Gasteiger partial charge in [-0.3, -0.25) is 4.79 Å². The van der Waals surface area contributed by atoms with Crippen LogP contribution in [0, 0.1) is 0 Å². The fourth-order valence-electron chi connectivity index (χ4n) is 0.766. The third-order valence-corrected chi connectivity index (χ3v) is 1.89. The van der Waals surface area contributed by atoms with Crippen LogP contribution in [-0.2, 0) is 9.53 Å². The van der Waals surface area contributed by atoms with E-state index in [1.807, 2.05) is 0 Å². The standard InChI is InChI=1S/C8H15BrO2/c1-8(10)11-7-5-3-2-4-6-9/h2-7H2,1H3. The Morgan fingerprint density at radius 2 is 1.91 bits per heavy atom. The van der Waals surface area contributed by atoms with Crippen molar-refractivity contribution in [2.45, 2.75) is 32.6 Å². The Labute approximate surface area is 76.4 Å². The molecule has 0 aliphatic carbocycles. The number of alkyl halides is 1. The second-order valence-electron chi connectivity index (χ2n) is 2.44. The molecule has 0 atom stereocenters. The van der Waals surface area contributed by atoms with Gasteiger partial charge >= 0.3 is 5.97 Å². The van der Waals surface area contributed by atoms with Crippen LogP contribution in [0.4, 0.5) is 0 Å². The molecule has 0 saturated carbocycles. The normalized spacial score (nSPS) is 9.64. The highest BCUT2D eigenvalue weighted by molar-refractivity contribution is 9.09. The van der Waals surface area contributed by atoms with Crippen molar-refractivity contribution >= 4 is 21.9 Å². The lowest BCUT2D eigenvalue weighted by atomic mass is 10.2. The highest BCUT2D eigenvalue weighted by Crippen LogP contribution is 2.01. The summed E-state index contributed by atoms with van der Waals surface area (Å²) >= 11 is 3.36. The number of rotatable bonds is 6. The van der Waals surface area contributed by atoms with Gasteiger partial charge in [0.1, 0.15) is 0 Å². The molecule has 0 radical (unpaired) electrons. The van der Waals surface area contributed by atoms with Crippen LogP contribution >= 0.6 is 15.9 Å². The van der Waals surface area contributed by atoms with E-state index in [1.54, 1.807) is 0 Å². The van der Waals surface area contributed by atoms with E-state index in [4.69, 9.17) is 4.74 Å². The fraction of sp³-hybridized carbons (Fsp3) is 0.875. The molecule has 0 spiro atoms. The molecule has 66 valence electrons. The molecule has 0 N–H and O–H groups in total. The largest absolute Gasteiger partial charge is 0.466 e. The van der Waals surface area contributed by atoms with Crippen LogP contribution in [0.25, 0.3) is 0 Å². The van der Waals surface area contributed by atoms with Gasteiger partial charge in [-0.05, 0) is 12.8 Å². The number of halogens is 1. The number of hydrogen-bond acceptors (Lipinski definition) is 2. The quantitative estimate of drug-likeness (QED) is 0.393. The van der Waals surface area contributed by atoms with Crippen LogP contribution in [0.5, 0.6) is 0 Å². The Morgan fingerprint density at radius 1 is 1.27 bits per heavy atom. The topological polar surface area (TPSA) is 26.3 Å². The van der Waals surface area contributed by atoms with Crippen molar-refractivity contribution < 1.29 is 9.53 Å². The molecule has 0 fully saturated rings. The van der Waals surface area contributed by atoms with Gasteiger partial charge in [0.05, 0.1) is 6.61 Å². The molecule has 0 rings (SSSR count). The molecule has 0 heterocycles. The fourth-order valence-corrected chi connectivity index (χ4v) is 1.16. The first-order valence-electron chi connectivity index (χ1n) is 3.96. The van der Waals surface area contributed by atoms with Crippen LogP contribution in [0.2, 0.25) is 0 Å². The van der Waals surface area contributed by atoms with Crippen molar-refractivity contribution in [1.82, 2.24) is 0 Å². The molecule has 3 heteroatoms. The zero-order valence-corrected chi connectivity index (χ0v) is 8.52. The molecule has 0 aromatic rings. The third-order valence-electron chi connectivity index (χ3n) is 1.33. The molecule has 11 heavy (non-hydrogen) atoms. The predicted molar refractivity (Wildman–Crippen MR) is 48.9 cm³/mol. The maximum atomic E-state index is 10.3. The average molecular weight is 223 g/mol. The van der Waals surface area contributed by atoms with Gasteiger partial charge in [-0.15, -0.1) is 0 Å². The summed E-state index contributed by atoms with van der Waals surface area (Å²) in [7, 11) is 0. The maximum Gasteiger partial charge on any atom is 0.302 e. The predicted octanol–water partition coefficient (Wildman–Crippen LogP) is 2.50. The van der Waals surface area contributed by atoms with Crippen LogP contribution in [-0.4, -0.2) is 17.9 Å². The number of esters is 1. The van der Waals surface area contributed by atoms with E-state index in [2.05, 4.69) is 15.9 Å². The molecule has 0 aromatic heterocycles. The lowest BCUT2D eigenvalue weighted by Crippen LogP contribution is -2.00. The highest BCUT2D eigenvalue weighted by atomic mass is 79.9. The van der Waals surface area contributed by atoms with Gasteiger partial charge in [0.15, 0.2) is 0 Å². The van der Waals surface area contributed by atoms with Gasteiger partial charge in [0, 0.05) is 12.3 Å². The monoisotopic (exact) mass is 222 g/mol. The van der Waals surface area contributed by atoms with E-state index >= 15 is 0 Å². The molecule has 0 aliphatic rings. The molecule has 0 amide bonds. The van der Waals surface area contributed by atoms with Crippen molar-refractivity contribution in [2.24, 2.45) is 0 Å². The van der Waals surface area contributed by atoms with Crippen molar-refractivity contribution in [2.75, 3.05) is 11.9 Å². The van der Waals surface area contributed by atoms with Gasteiger partial charge in [0.25, 0.3) is 0 Å². The van der Waals surface area contributed by atoms with Crippen molar-refractivity contribution in [3.8, 4) is 0 Å². The summed E-state index contributed by atoms with van der Waals surface area (Å²) in [6.45, 7) is 2.02. The summed E-state index contributed by atoms with van der Waals surface area (Å²) in [6.07, 6.45) is 4.57. The van der Waals surface area contributed by atoms with Gasteiger partial charge in [0.2, 0.25) is 0 Å². The van der Waals surface area contributed by atoms with E-state index < -0.39 is 0 Å². The molecule has 0 saturated heterocycles. The number of unbranched alkanes of at least 4 members (excludes halogenated alkanes) is 3. The Balaban J connectivity index is 2.85. The van der Waals surface area contributed by atoms with Crippen LogP contribution in [0.1, 0.15) is 32.6 Å². The van der Waals surface area contributed by atoms with Crippen LogP contribution in [0.15, 0.2) is 0 Å². The molecular formula is C8H15BrO2. The van der Waals surface area contributed by atoms with Crippen molar-refractivity contribution in [3.63, 3.8) is 0 Å². The zero-order valence-electron chi connectivity index (χ0n) is 6.94. The second-order valence-corrected chi connectivity index (χ2v) is 3.24. The van der Waals surface area contributed by atoms with Gasteiger partial charge in [-0.2, -0.15) is 0 Å². The molecular weight excluding hydrogens is 208 g/mol. The summed E-state index contributed by atoms with van der Waals surface area (Å²) in [6, 6.07) is 0. The van der Waals surface area contributed by atoms with E-state index in [1.165, 1.54) is 19.8 Å². The number of carbonyl (C=O) groups excluding carboxylic acids is 1. The van der Waals surface area contributed by atoms with Gasteiger partial charge in [-0.25, -0.2) is 0 Å². The molecule has 0 bridgehead atoms. The minimum Gasteiger partial charge on any atom is -0.466 e. The summed E-state index contributed by atoms with van der Waals surface area (Å²) in [4.78, 5) is 10.3. The molecule has 0 aromatic carbocycles. The minimum absolute atomic E-state index is 0.175. The van der Waals surface area contributed by atoms with E-state index in [9.17, 15) is 4.79 Å². The first kappa shape index (κ1) is 11.0. The third kappa shape index (κ3) is 9.95. The minimum atomic E-state index is -0.175. The van der Waals surface area contributed by atoms with Crippen LogP contribution in [0.3, 0.4) is 0 Å². The van der Waals surface area contributed by atoms with Gasteiger partial charge < -0.3 is 4.74 Å². The SMILES string of the molecule is CC(=O)OCCCCCCBr. The first-order chi connectivity index (χ1) is 5.27. The molecule has 0 aliphatic heterocycles. The molecule has 2 nitrogen and oxygen atoms in total. The Morgan fingerprint density at radius 3 is 2.45 bits per heavy atom. The van der Waals surface area contributed by atoms with E-state index in [-0.39, 0.29) is 5.97 Å². The number of hydrogen-bond donors (Lipinski definition) is 0. The summed E-state index contributed by atoms with van der Waals surface area (Å²) in [5.74, 6) is -0.175. The highest BCUT2D eigenvalue weighted by Gasteiger charge is 1.92. The lowest BCUT2D eigenvalue weighted by molar-refractivity contribution is -0.141. The smallest absolute Gasteiger partial charge is 0.302 e. The molecule has 0 unspecified atom stereocenters. The number of ether oxygens (including phenoxy) is 1. The summed E-state index contributed by atoms with van der Waals surface area (Å²) < 4.78 is 4.77. The van der Waals surface area contributed by atoms with Gasteiger partial charge in [-0.1, -0.05) is 28.8 Å². The Bertz CT molecular complexity index is 104. The Hall–Kier alpha value is -0.0500. The summed E-state index contributed by atoms with van der Waals surface area (Å²) in [5, 5.41) is 1.07. The van der Waals surface area contributed by atoms with Crippen molar-refractivity contribution in [3.05, 3.63) is 0 Å². The van der Waals surface area contributed by atoms with E-state index in [0.717, 1.165) is 18.2 Å². The average Bonchev–Trinajstić information content (AvgIpc) is 1.96. The first-order valence-corrected chi connectivity index (χ1v) is 5.09. The zero-order chi connectivity index (χ0) is 8.53. The maximum absolute atomic E-state index is 10.3. The van der Waals surface area contributed by atoms with Crippen molar-refractivity contribution in [1.29, 1.82) is 0 Å². The number of carbonyl (C=O) groups is 1.